The maximum Gasteiger partial charge on any atom is 0.412 e. The number of piperidine rings is 1. The van der Waals surface area contributed by atoms with Gasteiger partial charge in [0.1, 0.15) is 17.1 Å². The number of nitrogens with two attached hydrogens (primary N) is 1. The third-order valence-corrected chi connectivity index (χ3v) is 5.82. The van der Waals surface area contributed by atoms with Crippen LogP contribution in [0.2, 0.25) is 0 Å². The Labute approximate surface area is 171 Å². The smallest absolute Gasteiger partial charge is 0.367 e. The van der Waals surface area contributed by atoms with Gasteiger partial charge < -0.3 is 16.0 Å². The normalized spacial score (nSPS) is 23.1. The Kier molecular flexibility index (Phi) is 5.24. The van der Waals surface area contributed by atoms with Gasteiger partial charge in [0.05, 0.1) is 11.3 Å². The first-order chi connectivity index (χ1) is 14.3. The molecule has 2 heterocycles. The molecule has 0 spiro atoms. The molecular weight excluding hydrogens is 397 g/mol. The summed E-state index contributed by atoms with van der Waals surface area (Å²) in [6.07, 6.45) is 1.03. The molecule has 1 saturated carbocycles. The van der Waals surface area contributed by atoms with Crippen LogP contribution in [0.25, 0.3) is 11.0 Å². The average molecular weight is 418 g/mol. The van der Waals surface area contributed by atoms with Gasteiger partial charge in [-0.05, 0) is 43.2 Å². The second-order valence-electron chi connectivity index (χ2n) is 7.96. The number of amides is 1. The van der Waals surface area contributed by atoms with Crippen LogP contribution in [0.1, 0.15) is 24.8 Å². The van der Waals surface area contributed by atoms with Crippen molar-refractivity contribution in [3.63, 3.8) is 0 Å². The predicted molar refractivity (Wildman–Crippen MR) is 103 cm³/mol. The molecule has 10 heteroatoms. The van der Waals surface area contributed by atoms with Crippen molar-refractivity contribution >= 4 is 22.6 Å². The number of nitriles is 1. The van der Waals surface area contributed by atoms with Crippen molar-refractivity contribution in [1.82, 2.24) is 15.3 Å². The highest BCUT2D eigenvalue weighted by molar-refractivity contribution is 5.92. The molecule has 2 aliphatic rings. The molecule has 3 atom stereocenters. The second kappa shape index (κ2) is 7.72. The fourth-order valence-corrected chi connectivity index (χ4v) is 4.18. The van der Waals surface area contributed by atoms with Gasteiger partial charge in [0.25, 0.3) is 0 Å². The molecule has 1 unspecified atom stereocenters. The highest BCUT2D eigenvalue weighted by Gasteiger charge is 2.44. The first-order valence-electron chi connectivity index (χ1n) is 9.79. The lowest BCUT2D eigenvalue weighted by Crippen LogP contribution is -2.57. The summed E-state index contributed by atoms with van der Waals surface area (Å²) in [5, 5.41) is 11.8. The topological polar surface area (TPSA) is 108 Å². The van der Waals surface area contributed by atoms with E-state index in [1.165, 1.54) is 12.4 Å². The van der Waals surface area contributed by atoms with Crippen molar-refractivity contribution in [1.29, 1.82) is 5.26 Å². The number of alkyl halides is 3. The molecule has 0 radical (unpaired) electrons. The number of fused-ring (bicyclic) bond motifs is 1. The molecule has 1 aromatic carbocycles. The zero-order valence-corrected chi connectivity index (χ0v) is 16.1. The zero-order valence-electron chi connectivity index (χ0n) is 16.1. The van der Waals surface area contributed by atoms with Crippen molar-refractivity contribution in [3.8, 4) is 6.07 Å². The minimum atomic E-state index is -4.78. The molecule has 7 nitrogen and oxygen atoms in total. The van der Waals surface area contributed by atoms with Gasteiger partial charge in [0.15, 0.2) is 6.04 Å². The summed E-state index contributed by atoms with van der Waals surface area (Å²) >= 11 is 0. The van der Waals surface area contributed by atoms with Crippen LogP contribution in [0.3, 0.4) is 0 Å². The molecule has 30 heavy (non-hydrogen) atoms. The number of rotatable bonds is 4. The number of halogens is 3. The Balaban J connectivity index is 1.62. The summed E-state index contributed by atoms with van der Waals surface area (Å²) in [6, 6.07) is 2.54. The number of nitrogens with zero attached hydrogens (tertiary/aromatic N) is 4. The van der Waals surface area contributed by atoms with Gasteiger partial charge in [-0.1, -0.05) is 0 Å². The van der Waals surface area contributed by atoms with Gasteiger partial charge >= 0.3 is 6.18 Å². The molecule has 1 aromatic heterocycles. The van der Waals surface area contributed by atoms with Crippen molar-refractivity contribution in [2.75, 3.05) is 18.0 Å². The summed E-state index contributed by atoms with van der Waals surface area (Å²) in [7, 11) is 0. The number of anilines is 1. The number of carbonyl (C=O) groups is 1. The number of nitrogens with one attached hydrogen (secondary N) is 1. The third-order valence-electron chi connectivity index (χ3n) is 5.82. The molecule has 2 fully saturated rings. The molecule has 1 aliphatic heterocycles. The minimum absolute atomic E-state index is 0.244. The zero-order chi connectivity index (χ0) is 21.5. The molecule has 158 valence electrons. The van der Waals surface area contributed by atoms with Gasteiger partial charge in [-0.2, -0.15) is 18.4 Å². The summed E-state index contributed by atoms with van der Waals surface area (Å²) < 4.78 is 38.5. The Morgan fingerprint density at radius 1 is 1.20 bits per heavy atom. The Bertz CT molecular complexity index is 1000. The fraction of sp³-hybridized carbons (Fsp3) is 0.500. The second-order valence-corrected chi connectivity index (χ2v) is 7.96. The van der Waals surface area contributed by atoms with Gasteiger partial charge in [-0.15, -0.1) is 0 Å². The minimum Gasteiger partial charge on any atom is -0.367 e. The SMILES string of the molecule is N#Cc1ccc(N2C[C@@H](NC(=O)C(N)C(F)(F)F)C[C@@H](C3CC3)C2)c2nccnc12. The van der Waals surface area contributed by atoms with E-state index >= 15 is 0 Å². The average Bonchev–Trinajstić information content (AvgIpc) is 3.57. The van der Waals surface area contributed by atoms with E-state index in [9.17, 15) is 23.2 Å². The lowest BCUT2D eigenvalue weighted by Gasteiger charge is -2.40. The van der Waals surface area contributed by atoms with Crippen LogP contribution in [-0.2, 0) is 4.79 Å². The summed E-state index contributed by atoms with van der Waals surface area (Å²) in [4.78, 5) is 22.7. The van der Waals surface area contributed by atoms with Crippen LogP contribution < -0.4 is 16.0 Å². The maximum absolute atomic E-state index is 12.8. The van der Waals surface area contributed by atoms with E-state index < -0.39 is 24.2 Å². The molecule has 4 rings (SSSR count). The number of benzene rings is 1. The van der Waals surface area contributed by atoms with Crippen LogP contribution in [0.4, 0.5) is 18.9 Å². The van der Waals surface area contributed by atoms with Gasteiger partial charge in [-0.25, -0.2) is 0 Å². The number of hydrogen-bond donors (Lipinski definition) is 2. The Hall–Kier alpha value is -2.93. The van der Waals surface area contributed by atoms with Gasteiger partial charge in [-0.3, -0.25) is 14.8 Å². The van der Waals surface area contributed by atoms with E-state index in [0.717, 1.165) is 18.5 Å². The van der Waals surface area contributed by atoms with Crippen molar-refractivity contribution < 1.29 is 18.0 Å². The maximum atomic E-state index is 12.8. The van der Waals surface area contributed by atoms with Gasteiger partial charge in [0, 0.05) is 31.5 Å². The highest BCUT2D eigenvalue weighted by atomic mass is 19.4. The third kappa shape index (κ3) is 4.03. The van der Waals surface area contributed by atoms with Gasteiger partial charge in [0.2, 0.25) is 5.91 Å². The van der Waals surface area contributed by atoms with Crippen LogP contribution >= 0.6 is 0 Å². The predicted octanol–water partition coefficient (Wildman–Crippen LogP) is 2.11. The van der Waals surface area contributed by atoms with Crippen LogP contribution in [-0.4, -0.2) is 47.2 Å². The number of carbonyl (C=O) groups excluding carboxylic acids is 1. The Morgan fingerprint density at radius 3 is 2.53 bits per heavy atom. The molecule has 1 saturated heterocycles. The summed E-state index contributed by atoms with van der Waals surface area (Å²) in [5.74, 6) is -0.471. The summed E-state index contributed by atoms with van der Waals surface area (Å²) in [6.45, 7) is 1.04. The molecule has 2 aromatic rings. The molecule has 1 aliphatic carbocycles. The highest BCUT2D eigenvalue weighted by Crippen LogP contribution is 2.42. The summed E-state index contributed by atoms with van der Waals surface area (Å²) in [5.41, 5.74) is 7.26. The van der Waals surface area contributed by atoms with Crippen LogP contribution in [0.15, 0.2) is 24.5 Å². The lowest BCUT2D eigenvalue weighted by atomic mass is 9.89. The van der Waals surface area contributed by atoms with E-state index in [1.54, 1.807) is 12.1 Å². The fourth-order valence-electron chi connectivity index (χ4n) is 4.18. The van der Waals surface area contributed by atoms with E-state index in [0.29, 0.717) is 42.0 Å². The Morgan fingerprint density at radius 2 is 1.90 bits per heavy atom. The van der Waals surface area contributed by atoms with E-state index in [2.05, 4.69) is 21.4 Å². The van der Waals surface area contributed by atoms with E-state index in [1.807, 2.05) is 4.90 Å². The molecule has 1 amide bonds. The van der Waals surface area contributed by atoms with E-state index in [4.69, 9.17) is 5.73 Å². The first-order valence-corrected chi connectivity index (χ1v) is 9.79. The standard InChI is InChI=1S/C20H21F3N6O/c21-20(22,23)18(25)19(30)28-14-7-13(11-1-2-11)9-29(10-14)15-4-3-12(8-24)16-17(15)27-6-5-26-16/h3-6,11,13-14,18H,1-2,7,9-10,25H2,(H,28,30)/t13-,14+,18?/m1/s1. The lowest BCUT2D eigenvalue weighted by molar-refractivity contribution is -0.163. The first kappa shape index (κ1) is 20.3. The molecule has 3 N–H and O–H groups in total. The molecular formula is C20H21F3N6O. The monoisotopic (exact) mass is 418 g/mol. The quantitative estimate of drug-likeness (QED) is 0.788. The van der Waals surface area contributed by atoms with E-state index in [-0.39, 0.29) is 5.92 Å². The van der Waals surface area contributed by atoms with Crippen LogP contribution in [0, 0.1) is 23.2 Å². The van der Waals surface area contributed by atoms with Crippen molar-refractivity contribution in [2.45, 2.75) is 37.5 Å². The number of aromatic nitrogens is 2. The van der Waals surface area contributed by atoms with Crippen LogP contribution in [0.5, 0.6) is 0 Å². The van der Waals surface area contributed by atoms with Crippen molar-refractivity contribution in [2.24, 2.45) is 17.6 Å². The largest absolute Gasteiger partial charge is 0.412 e. The molecule has 0 bridgehead atoms. The van der Waals surface area contributed by atoms with Crippen molar-refractivity contribution in [3.05, 3.63) is 30.1 Å². The number of hydrogen-bond acceptors (Lipinski definition) is 6.